The number of benzene rings is 3. The third-order valence-electron chi connectivity index (χ3n) is 6.17. The van der Waals surface area contributed by atoms with Gasteiger partial charge >= 0.3 is 30.1 Å². The van der Waals surface area contributed by atoms with E-state index in [9.17, 15) is 32.3 Å². The minimum absolute atomic E-state index is 0.0582. The van der Waals surface area contributed by atoms with Gasteiger partial charge in [0.05, 0.1) is 11.1 Å². The van der Waals surface area contributed by atoms with E-state index >= 15 is 4.39 Å². The van der Waals surface area contributed by atoms with Gasteiger partial charge in [-0.25, -0.2) is 23.6 Å². The summed E-state index contributed by atoms with van der Waals surface area (Å²) < 4.78 is 81.8. The molecule has 0 saturated carbocycles. The van der Waals surface area contributed by atoms with Crippen molar-refractivity contribution < 1.29 is 55.7 Å². The molecule has 12 heteroatoms. The lowest BCUT2D eigenvalue weighted by molar-refractivity contribution is -0.141. The molecule has 0 aliphatic rings. The van der Waals surface area contributed by atoms with Crippen molar-refractivity contribution in [3.63, 3.8) is 0 Å². The van der Waals surface area contributed by atoms with Crippen LogP contribution in [0.1, 0.15) is 44.4 Å². The van der Waals surface area contributed by atoms with Crippen LogP contribution in [-0.4, -0.2) is 23.9 Å². The van der Waals surface area contributed by atoms with Gasteiger partial charge in [0, 0.05) is 27.9 Å². The largest absolute Gasteiger partial charge is 0.423 e. The third-order valence-corrected chi connectivity index (χ3v) is 6.17. The average molecular weight is 677 g/mol. The molecule has 0 aromatic heterocycles. The molecule has 3 aromatic carbocycles. The van der Waals surface area contributed by atoms with Crippen LogP contribution in [0.15, 0.2) is 97.1 Å². The molecule has 252 valence electrons. The minimum Gasteiger partial charge on any atom is -0.423 e. The van der Waals surface area contributed by atoms with E-state index in [0.717, 1.165) is 12.1 Å². The number of hydrogen-bond acceptors (Lipinski definition) is 8. The van der Waals surface area contributed by atoms with Crippen LogP contribution < -0.4 is 18.9 Å². The fourth-order valence-corrected chi connectivity index (χ4v) is 3.70. The first-order chi connectivity index (χ1) is 22.8. The molecule has 0 spiro atoms. The van der Waals surface area contributed by atoms with E-state index in [1.807, 2.05) is 0 Å². The molecule has 8 nitrogen and oxygen atoms in total. The molecule has 0 fully saturated rings. The Morgan fingerprint density at radius 1 is 0.592 bits per heavy atom. The lowest BCUT2D eigenvalue weighted by Gasteiger charge is -2.22. The van der Waals surface area contributed by atoms with Crippen molar-refractivity contribution in [2.75, 3.05) is 0 Å². The highest BCUT2D eigenvalue weighted by atomic mass is 19.4. The number of halogens is 4. The second kappa shape index (κ2) is 15.1. The highest BCUT2D eigenvalue weighted by Gasteiger charge is 2.43. The van der Waals surface area contributed by atoms with Crippen molar-refractivity contribution in [1.82, 2.24) is 0 Å². The fraction of sp³-hybridized carbons (Fsp3) is 0.135. The predicted molar refractivity (Wildman–Crippen MR) is 171 cm³/mol. The zero-order chi connectivity index (χ0) is 36.8. The average Bonchev–Trinajstić information content (AvgIpc) is 3.01. The molecule has 0 aliphatic carbocycles. The van der Waals surface area contributed by atoms with Gasteiger partial charge in [-0.3, -0.25) is 0 Å². The van der Waals surface area contributed by atoms with E-state index in [4.69, 9.17) is 18.9 Å². The van der Waals surface area contributed by atoms with E-state index in [1.54, 1.807) is 0 Å². The van der Waals surface area contributed by atoms with Crippen LogP contribution in [0.4, 0.5) is 17.6 Å². The molecule has 49 heavy (non-hydrogen) atoms. The van der Waals surface area contributed by atoms with Gasteiger partial charge in [-0.2, -0.15) is 13.2 Å². The Balaban J connectivity index is 2.39. The molecule has 0 unspecified atom stereocenters. The molecule has 3 aromatic rings. The second-order valence-electron chi connectivity index (χ2n) is 10.6. The van der Waals surface area contributed by atoms with Crippen LogP contribution in [0.3, 0.4) is 0 Å². The summed E-state index contributed by atoms with van der Waals surface area (Å²) in [4.78, 5) is 49.2. The Morgan fingerprint density at radius 3 is 1.39 bits per heavy atom. The molecule has 3 rings (SSSR count). The third kappa shape index (κ3) is 9.20. The maximum atomic E-state index is 16.4. The van der Waals surface area contributed by atoms with Crippen molar-refractivity contribution in [2.24, 2.45) is 0 Å². The molecule has 0 bridgehead atoms. The highest BCUT2D eigenvalue weighted by molar-refractivity contribution is 5.95. The lowest BCUT2D eigenvalue weighted by atomic mass is 9.94. The maximum absolute atomic E-state index is 16.4. The van der Waals surface area contributed by atoms with Gasteiger partial charge in [-0.1, -0.05) is 50.3 Å². The van der Waals surface area contributed by atoms with Crippen LogP contribution >= 0.6 is 0 Å². The summed E-state index contributed by atoms with van der Waals surface area (Å²) in [5, 5.41) is 0. The first-order valence-corrected chi connectivity index (χ1v) is 14.0. The fourth-order valence-electron chi connectivity index (χ4n) is 3.70. The van der Waals surface area contributed by atoms with E-state index in [0.29, 0.717) is 0 Å². The Hall–Kier alpha value is -6.22. The van der Waals surface area contributed by atoms with Gasteiger partial charge in [-0.15, -0.1) is 0 Å². The van der Waals surface area contributed by atoms with Crippen LogP contribution in [0.2, 0.25) is 0 Å². The zero-order valence-electron chi connectivity index (χ0n) is 26.7. The molecular formula is C37H28F4O8. The maximum Gasteiger partial charge on any atom is 0.421 e. The molecular weight excluding hydrogens is 648 g/mol. The second-order valence-corrected chi connectivity index (χ2v) is 10.6. The predicted octanol–water partition coefficient (Wildman–Crippen LogP) is 7.84. The Kier molecular flexibility index (Phi) is 11.5. The van der Waals surface area contributed by atoms with E-state index < -0.39 is 64.1 Å². The number of alkyl halides is 3. The van der Waals surface area contributed by atoms with E-state index in [-0.39, 0.29) is 44.9 Å². The summed E-state index contributed by atoms with van der Waals surface area (Å²) >= 11 is 0. The van der Waals surface area contributed by atoms with Gasteiger partial charge in [0.25, 0.3) is 0 Å². The van der Waals surface area contributed by atoms with Crippen LogP contribution in [0.25, 0.3) is 11.1 Å². The molecule has 0 saturated heterocycles. The SMILES string of the molecule is C=C(C)C(=O)Oc1ccc(C#Cc2c(F)c(OC(=O)C(=C)C)c(-c3ccc(OC(=O)C(=C)C)cc3)c(OC(=O)C(=C)C)c2C(F)(F)F)cc1. The Labute approximate surface area is 278 Å². The van der Waals surface area contributed by atoms with Crippen molar-refractivity contribution in [3.8, 4) is 46.0 Å². The van der Waals surface area contributed by atoms with Crippen LogP contribution in [0, 0.1) is 17.7 Å². The normalized spacial score (nSPS) is 10.5. The molecule has 0 heterocycles. The minimum atomic E-state index is -5.40. The summed E-state index contributed by atoms with van der Waals surface area (Å²) in [5.74, 6) is -3.53. The number of hydrogen-bond donors (Lipinski definition) is 0. The first-order valence-electron chi connectivity index (χ1n) is 14.0. The number of ether oxygens (including phenoxy) is 4. The Bertz CT molecular complexity index is 1970. The molecule has 0 aliphatic heterocycles. The summed E-state index contributed by atoms with van der Waals surface area (Å²) in [6, 6.07) is 9.76. The van der Waals surface area contributed by atoms with Gasteiger partial charge in [-0.05, 0) is 69.7 Å². The summed E-state index contributed by atoms with van der Waals surface area (Å²) in [6.07, 6.45) is -5.40. The van der Waals surface area contributed by atoms with Crippen LogP contribution in [0.5, 0.6) is 23.0 Å². The van der Waals surface area contributed by atoms with Gasteiger partial charge in [0.1, 0.15) is 17.1 Å². The van der Waals surface area contributed by atoms with Gasteiger partial charge < -0.3 is 18.9 Å². The molecule has 0 amide bonds. The zero-order valence-corrected chi connectivity index (χ0v) is 26.7. The van der Waals surface area contributed by atoms with Gasteiger partial charge in [0.15, 0.2) is 17.3 Å². The summed E-state index contributed by atoms with van der Waals surface area (Å²) in [7, 11) is 0. The van der Waals surface area contributed by atoms with E-state index in [1.165, 1.54) is 64.1 Å². The van der Waals surface area contributed by atoms with Crippen molar-refractivity contribution in [2.45, 2.75) is 33.9 Å². The van der Waals surface area contributed by atoms with Crippen molar-refractivity contribution >= 4 is 23.9 Å². The van der Waals surface area contributed by atoms with Crippen molar-refractivity contribution in [3.05, 3.63) is 120 Å². The quantitative estimate of drug-likeness (QED) is 0.0743. The number of carbonyl (C=O) groups is 4. The summed E-state index contributed by atoms with van der Waals surface area (Å²) in [5.41, 5.74) is -4.48. The molecule has 0 radical (unpaired) electrons. The topological polar surface area (TPSA) is 105 Å². The molecule has 0 atom stereocenters. The highest BCUT2D eigenvalue weighted by Crippen LogP contribution is 2.51. The number of carbonyl (C=O) groups excluding carboxylic acids is 4. The van der Waals surface area contributed by atoms with Crippen molar-refractivity contribution in [1.29, 1.82) is 0 Å². The number of esters is 4. The first kappa shape index (κ1) is 37.2. The van der Waals surface area contributed by atoms with Crippen LogP contribution in [-0.2, 0) is 25.4 Å². The standard InChI is InChI=1S/C37H28F4O8/c1-19(2)33(42)46-25-14-9-23(10-15-25)11-18-27-29(37(39,40)41)31(48-35(44)21(5)6)28(32(30(27)38)49-36(45)22(7)8)24-12-16-26(17-13-24)47-34(43)20(3)4/h9-10,12-17H,1,3,5,7H2,2,4,6,8H3. The molecule has 0 N–H and O–H groups in total. The summed E-state index contributed by atoms with van der Waals surface area (Å²) in [6.45, 7) is 19.0. The Morgan fingerprint density at radius 2 is 0.980 bits per heavy atom. The number of rotatable bonds is 9. The lowest BCUT2D eigenvalue weighted by Crippen LogP contribution is -2.20. The monoisotopic (exact) mass is 676 g/mol. The van der Waals surface area contributed by atoms with E-state index in [2.05, 4.69) is 38.2 Å². The van der Waals surface area contributed by atoms with Gasteiger partial charge in [0.2, 0.25) is 0 Å². The smallest absolute Gasteiger partial charge is 0.421 e.